The summed E-state index contributed by atoms with van der Waals surface area (Å²) in [5.74, 6) is 1.57. The van der Waals surface area contributed by atoms with E-state index in [2.05, 4.69) is 22.2 Å². The number of nitrogen functional groups attached to an aromatic ring is 1. The number of benzene rings is 1. The van der Waals surface area contributed by atoms with Gasteiger partial charge in [-0.25, -0.2) is 4.98 Å². The Kier molecular flexibility index (Phi) is 9.86. The summed E-state index contributed by atoms with van der Waals surface area (Å²) in [7, 11) is 1.64. The molecule has 4 N–H and O–H groups in total. The van der Waals surface area contributed by atoms with Crippen LogP contribution in [0, 0.1) is 0 Å². The summed E-state index contributed by atoms with van der Waals surface area (Å²) in [5.41, 5.74) is 8.57. The SMILES string of the molecule is CCCC[C@@H](CCO)Nc1nc(N)nc(CCOC=O)c1Cc1ccccc1OC. The van der Waals surface area contributed by atoms with Crippen LogP contribution in [0.1, 0.15) is 49.4 Å². The van der Waals surface area contributed by atoms with Crippen LogP contribution >= 0.6 is 0 Å². The number of nitrogens with two attached hydrogens (primary N) is 1. The lowest BCUT2D eigenvalue weighted by Crippen LogP contribution is -2.24. The molecular weight excluding hydrogens is 384 g/mol. The van der Waals surface area contributed by atoms with E-state index in [4.69, 9.17) is 15.2 Å². The second-order valence-corrected chi connectivity index (χ2v) is 7.06. The van der Waals surface area contributed by atoms with Gasteiger partial charge in [0.2, 0.25) is 5.95 Å². The third-order valence-electron chi connectivity index (χ3n) is 4.92. The predicted molar refractivity (Wildman–Crippen MR) is 117 cm³/mol. The molecule has 0 aliphatic heterocycles. The minimum Gasteiger partial charge on any atom is -0.496 e. The number of aliphatic hydroxyl groups is 1. The first kappa shape index (κ1) is 23.4. The van der Waals surface area contributed by atoms with Crippen molar-refractivity contribution in [3.05, 3.63) is 41.1 Å². The lowest BCUT2D eigenvalue weighted by molar-refractivity contribution is -0.128. The summed E-state index contributed by atoms with van der Waals surface area (Å²) in [5, 5.41) is 12.9. The summed E-state index contributed by atoms with van der Waals surface area (Å²) in [6.45, 7) is 2.85. The van der Waals surface area contributed by atoms with Crippen LogP contribution in [-0.2, 0) is 22.4 Å². The van der Waals surface area contributed by atoms with Crippen molar-refractivity contribution in [3.8, 4) is 5.75 Å². The van der Waals surface area contributed by atoms with Crippen molar-refractivity contribution in [2.75, 3.05) is 31.4 Å². The molecule has 0 unspecified atom stereocenters. The molecule has 0 aliphatic carbocycles. The van der Waals surface area contributed by atoms with Gasteiger partial charge in [0.15, 0.2) is 0 Å². The highest BCUT2D eigenvalue weighted by Gasteiger charge is 2.19. The molecule has 8 heteroatoms. The summed E-state index contributed by atoms with van der Waals surface area (Å²) in [6, 6.07) is 7.84. The Morgan fingerprint density at radius 3 is 2.77 bits per heavy atom. The number of nitrogens with one attached hydrogen (secondary N) is 1. The predicted octanol–water partition coefficient (Wildman–Crippen LogP) is 2.73. The van der Waals surface area contributed by atoms with Crippen molar-refractivity contribution in [2.45, 2.75) is 51.5 Å². The van der Waals surface area contributed by atoms with E-state index >= 15 is 0 Å². The van der Waals surface area contributed by atoms with Crippen LogP contribution in [0.25, 0.3) is 0 Å². The topological polar surface area (TPSA) is 120 Å². The van der Waals surface area contributed by atoms with E-state index in [1.165, 1.54) is 0 Å². The highest BCUT2D eigenvalue weighted by molar-refractivity contribution is 5.54. The number of nitrogens with zero attached hydrogens (tertiary/aromatic N) is 2. The van der Waals surface area contributed by atoms with Gasteiger partial charge in [0, 0.05) is 31.1 Å². The average molecular weight is 417 g/mol. The second kappa shape index (κ2) is 12.6. The first-order valence-corrected chi connectivity index (χ1v) is 10.3. The fourth-order valence-electron chi connectivity index (χ4n) is 3.39. The van der Waals surface area contributed by atoms with E-state index in [-0.39, 0.29) is 25.2 Å². The first-order valence-electron chi connectivity index (χ1n) is 10.3. The number of aromatic nitrogens is 2. The maximum atomic E-state index is 10.6. The normalized spacial score (nSPS) is 11.7. The molecule has 8 nitrogen and oxygen atoms in total. The number of carbonyl (C=O) groups is 1. The molecule has 2 aromatic rings. The molecule has 1 aromatic carbocycles. The number of anilines is 2. The van der Waals surface area contributed by atoms with Crippen LogP contribution in [0.2, 0.25) is 0 Å². The number of ether oxygens (including phenoxy) is 2. The van der Waals surface area contributed by atoms with Gasteiger partial charge < -0.3 is 25.6 Å². The van der Waals surface area contributed by atoms with Gasteiger partial charge in [0.05, 0.1) is 19.4 Å². The minimum absolute atomic E-state index is 0.0692. The first-order chi connectivity index (χ1) is 14.6. The number of unbranched alkanes of at least 4 members (excludes halogenated alkanes) is 1. The van der Waals surface area contributed by atoms with E-state index < -0.39 is 0 Å². The Labute approximate surface area is 177 Å². The molecule has 0 saturated heterocycles. The van der Waals surface area contributed by atoms with Crippen molar-refractivity contribution >= 4 is 18.2 Å². The molecule has 0 spiro atoms. The van der Waals surface area contributed by atoms with Crippen LogP contribution in [0.5, 0.6) is 5.75 Å². The third kappa shape index (κ3) is 6.88. The van der Waals surface area contributed by atoms with E-state index in [1.807, 2.05) is 24.3 Å². The molecule has 0 amide bonds. The van der Waals surface area contributed by atoms with Gasteiger partial charge in [-0.3, -0.25) is 4.79 Å². The third-order valence-corrected chi connectivity index (χ3v) is 4.92. The van der Waals surface area contributed by atoms with Gasteiger partial charge in [-0.05, 0) is 24.5 Å². The summed E-state index contributed by atoms with van der Waals surface area (Å²) in [6.07, 6.45) is 4.59. The highest BCUT2D eigenvalue weighted by Crippen LogP contribution is 2.28. The van der Waals surface area contributed by atoms with Crippen LogP contribution in [0.3, 0.4) is 0 Å². The fraction of sp³-hybridized carbons (Fsp3) is 0.500. The number of aliphatic hydroxyl groups excluding tert-OH is 1. The molecule has 1 atom stereocenters. The monoisotopic (exact) mass is 416 g/mol. The van der Waals surface area contributed by atoms with Gasteiger partial charge in [-0.2, -0.15) is 4.98 Å². The summed E-state index contributed by atoms with van der Waals surface area (Å²) < 4.78 is 10.4. The van der Waals surface area contributed by atoms with Crippen molar-refractivity contribution in [1.29, 1.82) is 0 Å². The van der Waals surface area contributed by atoms with E-state index in [1.54, 1.807) is 7.11 Å². The number of hydrogen-bond donors (Lipinski definition) is 3. The second-order valence-electron chi connectivity index (χ2n) is 7.06. The molecular formula is C22H32N4O4. The maximum Gasteiger partial charge on any atom is 0.293 e. The Hall–Kier alpha value is -2.87. The quantitative estimate of drug-likeness (QED) is 0.318. The van der Waals surface area contributed by atoms with Gasteiger partial charge in [-0.15, -0.1) is 0 Å². The van der Waals surface area contributed by atoms with E-state index in [0.717, 1.165) is 41.8 Å². The summed E-state index contributed by atoms with van der Waals surface area (Å²) in [4.78, 5) is 19.5. The zero-order valence-electron chi connectivity index (χ0n) is 17.8. The average Bonchev–Trinajstić information content (AvgIpc) is 2.74. The lowest BCUT2D eigenvalue weighted by Gasteiger charge is -2.22. The van der Waals surface area contributed by atoms with Crippen molar-refractivity contribution < 1.29 is 19.4 Å². The largest absolute Gasteiger partial charge is 0.496 e. The Morgan fingerprint density at radius 2 is 2.07 bits per heavy atom. The molecule has 0 aliphatic rings. The van der Waals surface area contributed by atoms with Crippen LogP contribution in [-0.4, -0.2) is 47.9 Å². The van der Waals surface area contributed by atoms with Gasteiger partial charge in [0.1, 0.15) is 11.6 Å². The fourth-order valence-corrected chi connectivity index (χ4v) is 3.39. The number of methoxy groups -OCH3 is 1. The molecule has 30 heavy (non-hydrogen) atoms. The molecule has 0 fully saturated rings. The zero-order valence-corrected chi connectivity index (χ0v) is 17.8. The Balaban J connectivity index is 2.43. The van der Waals surface area contributed by atoms with Crippen LogP contribution in [0.15, 0.2) is 24.3 Å². The van der Waals surface area contributed by atoms with E-state index in [9.17, 15) is 9.90 Å². The minimum atomic E-state index is 0.0692. The number of rotatable bonds is 14. The molecule has 2 rings (SSSR count). The molecule has 0 saturated carbocycles. The summed E-state index contributed by atoms with van der Waals surface area (Å²) >= 11 is 0. The Morgan fingerprint density at radius 1 is 1.27 bits per heavy atom. The standard InChI is InChI=1S/C22H32N4O4/c1-3-4-8-17(10-12-27)24-21-18(14-16-7-5-6-9-20(16)29-2)19(11-13-30-15-28)25-22(23)26-21/h5-7,9,15,17,27H,3-4,8,10-14H2,1-2H3,(H3,23,24,25,26)/t17-/m0/s1. The Bertz CT molecular complexity index is 801. The molecule has 0 bridgehead atoms. The number of para-hydroxylation sites is 1. The zero-order chi connectivity index (χ0) is 21.8. The van der Waals surface area contributed by atoms with Gasteiger partial charge in [0.25, 0.3) is 6.47 Å². The number of carbonyl (C=O) groups excluding carboxylic acids is 1. The lowest BCUT2D eigenvalue weighted by atomic mass is 10.0. The van der Waals surface area contributed by atoms with Gasteiger partial charge >= 0.3 is 0 Å². The van der Waals surface area contributed by atoms with Gasteiger partial charge in [-0.1, -0.05) is 38.0 Å². The van der Waals surface area contributed by atoms with Crippen LogP contribution < -0.4 is 15.8 Å². The maximum absolute atomic E-state index is 10.6. The highest BCUT2D eigenvalue weighted by atomic mass is 16.5. The van der Waals surface area contributed by atoms with Crippen molar-refractivity contribution in [2.24, 2.45) is 0 Å². The van der Waals surface area contributed by atoms with Crippen LogP contribution in [0.4, 0.5) is 11.8 Å². The molecule has 1 heterocycles. The molecule has 1 aromatic heterocycles. The van der Waals surface area contributed by atoms with E-state index in [0.29, 0.717) is 31.6 Å². The number of hydrogen-bond acceptors (Lipinski definition) is 8. The molecule has 0 radical (unpaired) electrons. The van der Waals surface area contributed by atoms with Crippen molar-refractivity contribution in [1.82, 2.24) is 9.97 Å². The smallest absolute Gasteiger partial charge is 0.293 e. The van der Waals surface area contributed by atoms with Crippen molar-refractivity contribution in [3.63, 3.8) is 0 Å². The molecule has 164 valence electrons.